The average Bonchev–Trinajstić information content (AvgIpc) is 3.46. The van der Waals surface area contributed by atoms with Gasteiger partial charge in [0.05, 0.1) is 11.1 Å². The molecule has 3 aliphatic rings. The molecular weight excluding hydrogens is 384 g/mol. The molecule has 3 aromatic rings. The molecule has 3 fully saturated rings. The summed E-state index contributed by atoms with van der Waals surface area (Å²) in [5, 5.41) is 5.06. The fourth-order valence-electron chi connectivity index (χ4n) is 4.72. The van der Waals surface area contributed by atoms with Crippen LogP contribution in [0.5, 0.6) is 0 Å². The Morgan fingerprint density at radius 1 is 1.34 bits per heavy atom. The number of hydrogen-bond acceptors (Lipinski definition) is 6. The lowest BCUT2D eigenvalue weighted by molar-refractivity contribution is 0.0290. The van der Waals surface area contributed by atoms with Gasteiger partial charge in [-0.2, -0.15) is 0 Å². The summed E-state index contributed by atoms with van der Waals surface area (Å²) in [5.41, 5.74) is 1.97. The van der Waals surface area contributed by atoms with Crippen molar-refractivity contribution in [1.82, 2.24) is 20.2 Å². The number of nitrogens with one attached hydrogen (secondary N) is 1. The number of nitrogens with zero attached hydrogens (tertiary/aromatic N) is 3. The molecule has 3 aromatic heterocycles. The summed E-state index contributed by atoms with van der Waals surface area (Å²) < 4.78 is 5.54. The van der Waals surface area contributed by atoms with Crippen molar-refractivity contribution >= 4 is 17.2 Å². The first kappa shape index (κ1) is 18.5. The second kappa shape index (κ2) is 7.72. The Hall–Kier alpha value is -2.51. The van der Waals surface area contributed by atoms with Gasteiger partial charge in [-0.25, -0.2) is 9.97 Å². The monoisotopic (exact) mass is 408 g/mol. The van der Waals surface area contributed by atoms with E-state index in [9.17, 15) is 4.79 Å². The second-order valence-corrected chi connectivity index (χ2v) is 8.88. The average molecular weight is 409 g/mol. The number of aromatic nitrogens is 2. The van der Waals surface area contributed by atoms with E-state index in [1.54, 1.807) is 6.26 Å². The van der Waals surface area contributed by atoms with Crippen LogP contribution >= 0.6 is 11.3 Å². The molecular formula is C22H24N4O2S. The van der Waals surface area contributed by atoms with Gasteiger partial charge in [0.2, 0.25) is 0 Å². The SMILES string of the molecule is Cc1nc(-c2ccco2)cc([C@@H]2CN3CC[C@H]2C[C@@H]3CNC(=O)c2cccs2)n1. The number of thiophene rings is 1. The predicted molar refractivity (Wildman–Crippen MR) is 112 cm³/mol. The Labute approximate surface area is 174 Å². The number of amides is 1. The van der Waals surface area contributed by atoms with E-state index in [4.69, 9.17) is 9.40 Å². The van der Waals surface area contributed by atoms with Crippen LogP contribution in [0.1, 0.15) is 39.9 Å². The Morgan fingerprint density at radius 2 is 2.28 bits per heavy atom. The van der Waals surface area contributed by atoms with Crippen molar-refractivity contribution in [3.8, 4) is 11.5 Å². The van der Waals surface area contributed by atoms with Crippen LogP contribution in [0.25, 0.3) is 11.5 Å². The van der Waals surface area contributed by atoms with E-state index in [0.717, 1.165) is 47.4 Å². The molecule has 1 amide bonds. The van der Waals surface area contributed by atoms with Gasteiger partial charge in [-0.1, -0.05) is 6.07 Å². The largest absolute Gasteiger partial charge is 0.463 e. The minimum absolute atomic E-state index is 0.0358. The van der Waals surface area contributed by atoms with Gasteiger partial charge in [0.25, 0.3) is 5.91 Å². The summed E-state index contributed by atoms with van der Waals surface area (Å²) in [6, 6.07) is 10.1. The predicted octanol–water partition coefficient (Wildman–Crippen LogP) is 3.71. The smallest absolute Gasteiger partial charge is 0.261 e. The quantitative estimate of drug-likeness (QED) is 0.697. The van der Waals surface area contributed by atoms with E-state index in [0.29, 0.717) is 24.4 Å². The zero-order valence-electron chi connectivity index (χ0n) is 16.4. The minimum atomic E-state index is 0.0358. The molecule has 3 saturated heterocycles. The van der Waals surface area contributed by atoms with E-state index in [1.807, 2.05) is 36.6 Å². The molecule has 6 heterocycles. The van der Waals surface area contributed by atoms with E-state index in [2.05, 4.69) is 21.3 Å². The first-order chi connectivity index (χ1) is 14.2. The number of fused-ring (bicyclic) bond motifs is 3. The molecule has 6 rings (SSSR count). The zero-order chi connectivity index (χ0) is 19.8. The van der Waals surface area contributed by atoms with Crippen molar-refractivity contribution < 1.29 is 9.21 Å². The van der Waals surface area contributed by atoms with Gasteiger partial charge in [0.1, 0.15) is 11.5 Å². The third kappa shape index (κ3) is 3.72. The molecule has 0 radical (unpaired) electrons. The van der Waals surface area contributed by atoms with Gasteiger partial charge in [0, 0.05) is 30.7 Å². The van der Waals surface area contributed by atoms with E-state index in [-0.39, 0.29) is 5.91 Å². The van der Waals surface area contributed by atoms with Crippen LogP contribution in [-0.4, -0.2) is 46.5 Å². The fourth-order valence-corrected chi connectivity index (χ4v) is 5.36. The van der Waals surface area contributed by atoms with Crippen LogP contribution in [0.4, 0.5) is 0 Å². The van der Waals surface area contributed by atoms with Crippen LogP contribution < -0.4 is 5.32 Å². The lowest BCUT2D eigenvalue weighted by atomic mass is 9.74. The zero-order valence-corrected chi connectivity index (χ0v) is 17.2. The Bertz CT molecular complexity index is 986. The Balaban J connectivity index is 1.29. The van der Waals surface area contributed by atoms with Crippen molar-refractivity contribution in [3.05, 3.63) is 58.4 Å². The standard InChI is InChI=1S/C22H24N4O2S/c1-14-24-18(11-19(25-14)20-4-2-8-28-20)17-13-26-7-6-15(17)10-16(26)12-23-22(27)21-5-3-9-29-21/h2-5,8-9,11,15-17H,6-7,10,12-13H2,1H3,(H,23,27)/t15-,16+,17+/m0/s1. The summed E-state index contributed by atoms with van der Waals surface area (Å²) in [7, 11) is 0. The van der Waals surface area contributed by atoms with Crippen LogP contribution in [0, 0.1) is 12.8 Å². The van der Waals surface area contributed by atoms with Gasteiger partial charge in [-0.15, -0.1) is 11.3 Å². The first-order valence-electron chi connectivity index (χ1n) is 10.1. The third-order valence-corrected chi connectivity index (χ3v) is 7.00. The maximum atomic E-state index is 12.3. The highest BCUT2D eigenvalue weighted by Gasteiger charge is 2.41. The van der Waals surface area contributed by atoms with Gasteiger partial charge in [-0.05, 0) is 61.9 Å². The molecule has 2 bridgehead atoms. The number of carbonyl (C=O) groups is 1. The van der Waals surface area contributed by atoms with E-state index >= 15 is 0 Å². The highest BCUT2D eigenvalue weighted by molar-refractivity contribution is 7.12. The Morgan fingerprint density at radius 3 is 3.00 bits per heavy atom. The molecule has 0 aliphatic carbocycles. The molecule has 0 saturated carbocycles. The molecule has 7 heteroatoms. The normalized spacial score (nSPS) is 25.8. The number of carbonyl (C=O) groups excluding carboxylic acids is 1. The first-order valence-corrected chi connectivity index (χ1v) is 11.0. The molecule has 4 atom stereocenters. The highest BCUT2D eigenvalue weighted by atomic mass is 32.1. The van der Waals surface area contributed by atoms with Crippen LogP contribution in [0.2, 0.25) is 0 Å². The highest BCUT2D eigenvalue weighted by Crippen LogP contribution is 2.41. The molecule has 0 aromatic carbocycles. The maximum Gasteiger partial charge on any atom is 0.261 e. The van der Waals surface area contributed by atoms with Gasteiger partial charge < -0.3 is 9.73 Å². The second-order valence-electron chi connectivity index (χ2n) is 7.93. The van der Waals surface area contributed by atoms with Crippen molar-refractivity contribution in [3.63, 3.8) is 0 Å². The molecule has 6 nitrogen and oxygen atoms in total. The van der Waals surface area contributed by atoms with Crippen molar-refractivity contribution in [2.24, 2.45) is 5.92 Å². The topological polar surface area (TPSA) is 71.3 Å². The van der Waals surface area contributed by atoms with Gasteiger partial charge in [-0.3, -0.25) is 9.69 Å². The fraction of sp³-hybridized carbons (Fsp3) is 0.409. The van der Waals surface area contributed by atoms with Crippen LogP contribution in [-0.2, 0) is 0 Å². The number of aryl methyl sites for hydroxylation is 1. The van der Waals surface area contributed by atoms with Gasteiger partial charge >= 0.3 is 0 Å². The number of hydrogen-bond donors (Lipinski definition) is 1. The lowest BCUT2D eigenvalue weighted by Gasteiger charge is -2.49. The van der Waals surface area contributed by atoms with Crippen LogP contribution in [0.3, 0.4) is 0 Å². The van der Waals surface area contributed by atoms with Crippen molar-refractivity contribution in [2.75, 3.05) is 19.6 Å². The maximum absolute atomic E-state index is 12.3. The molecule has 3 aliphatic heterocycles. The van der Waals surface area contributed by atoms with Crippen LogP contribution in [0.15, 0.2) is 46.4 Å². The van der Waals surface area contributed by atoms with Gasteiger partial charge in [0.15, 0.2) is 5.76 Å². The summed E-state index contributed by atoms with van der Waals surface area (Å²) >= 11 is 1.48. The van der Waals surface area contributed by atoms with Crippen molar-refractivity contribution in [2.45, 2.75) is 31.7 Å². The summed E-state index contributed by atoms with van der Waals surface area (Å²) in [4.78, 5) is 24.9. The molecule has 1 unspecified atom stereocenters. The summed E-state index contributed by atoms with van der Waals surface area (Å²) in [6.45, 7) is 4.73. The third-order valence-electron chi connectivity index (χ3n) is 6.13. The number of piperidine rings is 3. The number of rotatable bonds is 5. The molecule has 1 N–H and O–H groups in total. The minimum Gasteiger partial charge on any atom is -0.463 e. The Kier molecular flexibility index (Phi) is 4.93. The van der Waals surface area contributed by atoms with E-state index in [1.165, 1.54) is 17.8 Å². The van der Waals surface area contributed by atoms with E-state index < -0.39 is 0 Å². The molecule has 150 valence electrons. The molecule has 29 heavy (non-hydrogen) atoms. The van der Waals surface area contributed by atoms with Crippen molar-refractivity contribution in [1.29, 1.82) is 0 Å². The molecule has 0 spiro atoms. The summed E-state index contributed by atoms with van der Waals surface area (Å²) in [5.74, 6) is 2.59. The number of furan rings is 1. The lowest BCUT2D eigenvalue weighted by Crippen LogP contribution is -2.56. The summed E-state index contributed by atoms with van der Waals surface area (Å²) in [6.07, 6.45) is 3.95.